The minimum absolute atomic E-state index is 0.863. The van der Waals surface area contributed by atoms with E-state index in [2.05, 4.69) is 24.2 Å². The van der Waals surface area contributed by atoms with Gasteiger partial charge in [0, 0.05) is 24.2 Å². The average Bonchev–Trinajstić information content (AvgIpc) is 2.86. The molecule has 20 heavy (non-hydrogen) atoms. The zero-order valence-corrected chi connectivity index (χ0v) is 12.1. The molecule has 1 aromatic carbocycles. The summed E-state index contributed by atoms with van der Waals surface area (Å²) in [6.07, 6.45) is 1.93. The summed E-state index contributed by atoms with van der Waals surface area (Å²) in [6.45, 7) is 4.14. The first-order valence-corrected chi connectivity index (χ1v) is 6.55. The molecule has 0 amide bonds. The Morgan fingerprint density at radius 1 is 1.10 bits per heavy atom. The summed E-state index contributed by atoms with van der Waals surface area (Å²) in [7, 11) is 3.59. The third kappa shape index (κ3) is 1.93. The number of rotatable bonds is 2. The van der Waals surface area contributed by atoms with Gasteiger partial charge in [0.1, 0.15) is 11.4 Å². The fraction of sp³-hybridized carbons (Fsp3) is 0.250. The predicted molar refractivity (Wildman–Crippen MR) is 80.0 cm³/mol. The molecule has 3 rings (SSSR count). The van der Waals surface area contributed by atoms with Crippen molar-refractivity contribution in [2.45, 2.75) is 13.8 Å². The zero-order chi connectivity index (χ0) is 14.3. The van der Waals surface area contributed by atoms with Crippen molar-refractivity contribution in [3.05, 3.63) is 41.6 Å². The Bertz CT molecular complexity index is 790. The zero-order valence-electron chi connectivity index (χ0n) is 12.1. The third-order valence-corrected chi connectivity index (χ3v) is 3.59. The normalized spacial score (nSPS) is 11.0. The molecule has 0 unspecified atom stereocenters. The first-order chi connectivity index (χ1) is 9.60. The highest BCUT2D eigenvalue weighted by Crippen LogP contribution is 2.30. The summed E-state index contributed by atoms with van der Waals surface area (Å²) in [5.74, 6) is 0.863. The van der Waals surface area contributed by atoms with Crippen molar-refractivity contribution in [2.24, 2.45) is 7.05 Å². The summed E-state index contributed by atoms with van der Waals surface area (Å²) >= 11 is 0. The van der Waals surface area contributed by atoms with Gasteiger partial charge in [-0.15, -0.1) is 0 Å². The van der Waals surface area contributed by atoms with Crippen LogP contribution in [0.2, 0.25) is 0 Å². The first kappa shape index (κ1) is 12.7. The van der Waals surface area contributed by atoms with Crippen LogP contribution in [0, 0.1) is 13.8 Å². The van der Waals surface area contributed by atoms with Crippen LogP contribution in [-0.4, -0.2) is 21.9 Å². The molecule has 0 saturated heterocycles. The second-order valence-corrected chi connectivity index (χ2v) is 4.99. The lowest BCUT2D eigenvalue weighted by Crippen LogP contribution is -1.95. The number of fused-ring (bicyclic) bond motifs is 1. The van der Waals surface area contributed by atoms with Crippen LogP contribution in [0.15, 0.2) is 30.5 Å². The second kappa shape index (κ2) is 4.63. The number of hydrogen-bond donors (Lipinski definition) is 0. The van der Waals surface area contributed by atoms with E-state index in [1.807, 2.05) is 32.3 Å². The van der Waals surface area contributed by atoms with Crippen molar-refractivity contribution in [1.29, 1.82) is 0 Å². The Balaban J connectivity index is 2.29. The molecule has 4 heteroatoms. The summed E-state index contributed by atoms with van der Waals surface area (Å²) in [5, 5.41) is 5.58. The molecule has 0 radical (unpaired) electrons. The number of aromatic nitrogens is 3. The maximum Gasteiger partial charge on any atom is 0.123 e. The van der Waals surface area contributed by atoms with Crippen molar-refractivity contribution >= 4 is 10.9 Å². The molecule has 0 spiro atoms. The quantitative estimate of drug-likeness (QED) is 0.715. The minimum Gasteiger partial charge on any atom is -0.496 e. The Morgan fingerprint density at radius 3 is 2.55 bits per heavy atom. The Morgan fingerprint density at radius 2 is 1.90 bits per heavy atom. The molecule has 0 atom stereocenters. The van der Waals surface area contributed by atoms with Gasteiger partial charge in [-0.05, 0) is 43.7 Å². The highest BCUT2D eigenvalue weighted by atomic mass is 16.5. The Labute approximate surface area is 118 Å². The summed E-state index contributed by atoms with van der Waals surface area (Å²) in [6, 6.07) is 8.11. The molecule has 2 aromatic heterocycles. The van der Waals surface area contributed by atoms with Gasteiger partial charge in [-0.1, -0.05) is 0 Å². The van der Waals surface area contributed by atoms with Gasteiger partial charge in [0.25, 0.3) is 0 Å². The number of aryl methyl sites for hydroxylation is 3. The topological polar surface area (TPSA) is 39.9 Å². The van der Waals surface area contributed by atoms with Crippen molar-refractivity contribution < 1.29 is 4.74 Å². The highest BCUT2D eigenvalue weighted by Gasteiger charge is 2.11. The minimum atomic E-state index is 0.863. The fourth-order valence-electron chi connectivity index (χ4n) is 2.48. The number of ether oxygens (including phenoxy) is 1. The summed E-state index contributed by atoms with van der Waals surface area (Å²) in [4.78, 5) is 4.77. The van der Waals surface area contributed by atoms with E-state index in [0.29, 0.717) is 0 Å². The molecule has 2 heterocycles. The molecule has 0 fully saturated rings. The van der Waals surface area contributed by atoms with Gasteiger partial charge in [-0.25, -0.2) is 4.98 Å². The third-order valence-electron chi connectivity index (χ3n) is 3.59. The lowest BCUT2D eigenvalue weighted by atomic mass is 10.0. The van der Waals surface area contributed by atoms with Gasteiger partial charge in [-0.3, -0.25) is 4.68 Å². The monoisotopic (exact) mass is 267 g/mol. The largest absolute Gasteiger partial charge is 0.496 e. The Kier molecular flexibility index (Phi) is 2.93. The van der Waals surface area contributed by atoms with Crippen LogP contribution in [0.4, 0.5) is 0 Å². The molecular formula is C16H17N3O. The fourth-order valence-corrected chi connectivity index (χ4v) is 2.48. The van der Waals surface area contributed by atoms with Gasteiger partial charge < -0.3 is 4.74 Å². The van der Waals surface area contributed by atoms with E-state index >= 15 is 0 Å². The molecule has 4 nitrogen and oxygen atoms in total. The summed E-state index contributed by atoms with van der Waals surface area (Å²) in [5.41, 5.74) is 5.02. The predicted octanol–water partition coefficient (Wildman–Crippen LogP) is 3.26. The molecule has 0 saturated carbocycles. The van der Waals surface area contributed by atoms with Gasteiger partial charge in [0.05, 0.1) is 18.3 Å². The van der Waals surface area contributed by atoms with Gasteiger partial charge in [-0.2, -0.15) is 5.10 Å². The highest BCUT2D eigenvalue weighted by molar-refractivity contribution is 5.88. The van der Waals surface area contributed by atoms with Crippen molar-refractivity contribution in [2.75, 3.05) is 7.11 Å². The van der Waals surface area contributed by atoms with Gasteiger partial charge in [0.2, 0.25) is 0 Å². The van der Waals surface area contributed by atoms with Gasteiger partial charge in [0.15, 0.2) is 0 Å². The van der Waals surface area contributed by atoms with Crippen LogP contribution in [0.3, 0.4) is 0 Å². The molecule has 0 bridgehead atoms. The van der Waals surface area contributed by atoms with Crippen molar-refractivity contribution in [3.63, 3.8) is 0 Å². The number of pyridine rings is 1. The van der Waals surface area contributed by atoms with Crippen LogP contribution < -0.4 is 4.74 Å². The lowest BCUT2D eigenvalue weighted by Gasteiger charge is -2.10. The van der Waals surface area contributed by atoms with E-state index in [9.17, 15) is 0 Å². The van der Waals surface area contributed by atoms with Crippen LogP contribution in [0.25, 0.3) is 22.3 Å². The van der Waals surface area contributed by atoms with Crippen molar-refractivity contribution in [3.8, 4) is 17.1 Å². The molecule has 0 aliphatic rings. The standard InChI is InChI=1S/C16H17N3O/c1-10-9-14(13-7-8-19(3)18-13)17-16-11(2)15(20-4)6-5-12(10)16/h5-9H,1-4H3. The first-order valence-electron chi connectivity index (χ1n) is 6.55. The van der Waals surface area contributed by atoms with Crippen LogP contribution >= 0.6 is 0 Å². The molecular weight excluding hydrogens is 250 g/mol. The van der Waals surface area contributed by atoms with E-state index in [1.165, 1.54) is 5.56 Å². The molecule has 0 aliphatic heterocycles. The number of benzene rings is 1. The SMILES string of the molecule is COc1ccc2c(C)cc(-c3ccn(C)n3)nc2c1C. The summed E-state index contributed by atoms with van der Waals surface area (Å²) < 4.78 is 7.17. The van der Waals surface area contributed by atoms with E-state index in [0.717, 1.165) is 33.6 Å². The average molecular weight is 267 g/mol. The lowest BCUT2D eigenvalue weighted by molar-refractivity contribution is 0.412. The number of methoxy groups -OCH3 is 1. The molecule has 3 aromatic rings. The van der Waals surface area contributed by atoms with E-state index < -0.39 is 0 Å². The number of nitrogens with zero attached hydrogens (tertiary/aromatic N) is 3. The second-order valence-electron chi connectivity index (χ2n) is 4.99. The molecule has 102 valence electrons. The van der Waals surface area contributed by atoms with E-state index in [4.69, 9.17) is 9.72 Å². The maximum atomic E-state index is 5.38. The van der Waals surface area contributed by atoms with Crippen LogP contribution in [0.5, 0.6) is 5.75 Å². The van der Waals surface area contributed by atoms with E-state index in [1.54, 1.807) is 11.8 Å². The van der Waals surface area contributed by atoms with Crippen LogP contribution in [0.1, 0.15) is 11.1 Å². The van der Waals surface area contributed by atoms with Crippen molar-refractivity contribution in [1.82, 2.24) is 14.8 Å². The molecule has 0 aliphatic carbocycles. The van der Waals surface area contributed by atoms with Crippen LogP contribution in [-0.2, 0) is 7.05 Å². The van der Waals surface area contributed by atoms with Gasteiger partial charge >= 0.3 is 0 Å². The Hall–Kier alpha value is -2.36. The van der Waals surface area contributed by atoms with E-state index in [-0.39, 0.29) is 0 Å². The smallest absolute Gasteiger partial charge is 0.123 e. The molecule has 0 N–H and O–H groups in total. The number of hydrogen-bond acceptors (Lipinski definition) is 3. The maximum absolute atomic E-state index is 5.38.